The van der Waals surface area contributed by atoms with Crippen molar-refractivity contribution in [1.29, 1.82) is 5.26 Å². The van der Waals surface area contributed by atoms with Crippen LogP contribution in [0.3, 0.4) is 0 Å². The molecule has 0 amide bonds. The van der Waals surface area contributed by atoms with Gasteiger partial charge in [-0.3, -0.25) is 0 Å². The Morgan fingerprint density at radius 2 is 2.29 bits per heavy atom. The monoisotopic (exact) mass is 294 g/mol. The lowest BCUT2D eigenvalue weighted by atomic mass is 10.1. The highest BCUT2D eigenvalue weighted by Crippen LogP contribution is 2.35. The first kappa shape index (κ1) is 12.4. The van der Waals surface area contributed by atoms with Crippen molar-refractivity contribution in [2.24, 2.45) is 0 Å². The Hall–Kier alpha value is -1.05. The molecule has 1 saturated carbocycles. The number of halogens is 1. The van der Waals surface area contributed by atoms with Gasteiger partial charge in [0, 0.05) is 24.2 Å². The molecular weight excluding hydrogens is 280 g/mol. The Bertz CT molecular complexity index is 438. The molecule has 1 aliphatic carbocycles. The van der Waals surface area contributed by atoms with Gasteiger partial charge in [-0.25, -0.2) is 0 Å². The number of benzene rings is 1. The minimum absolute atomic E-state index is 0.576. The SMILES string of the molecule is COCCN(c1cccc(Br)c1C#N)C1CC1. The Kier molecular flexibility index (Phi) is 4.03. The number of nitriles is 1. The minimum Gasteiger partial charge on any atom is -0.383 e. The van der Waals surface area contributed by atoms with Crippen molar-refractivity contribution in [2.45, 2.75) is 18.9 Å². The first-order chi connectivity index (χ1) is 8.27. The van der Waals surface area contributed by atoms with E-state index in [9.17, 15) is 5.26 Å². The van der Waals surface area contributed by atoms with Gasteiger partial charge in [-0.2, -0.15) is 5.26 Å². The zero-order valence-electron chi connectivity index (χ0n) is 9.82. The molecular formula is C13H15BrN2O. The van der Waals surface area contributed by atoms with E-state index in [0.29, 0.717) is 12.6 Å². The van der Waals surface area contributed by atoms with Crippen molar-refractivity contribution < 1.29 is 4.74 Å². The van der Waals surface area contributed by atoms with Crippen LogP contribution in [0.2, 0.25) is 0 Å². The van der Waals surface area contributed by atoms with Crippen LogP contribution in [0.5, 0.6) is 0 Å². The largest absolute Gasteiger partial charge is 0.383 e. The van der Waals surface area contributed by atoms with E-state index in [2.05, 4.69) is 26.9 Å². The summed E-state index contributed by atoms with van der Waals surface area (Å²) in [5, 5.41) is 9.24. The molecule has 4 heteroatoms. The number of hydrogen-bond donors (Lipinski definition) is 0. The average molecular weight is 295 g/mol. The standard InChI is InChI=1S/C13H15BrN2O/c1-17-8-7-16(10-5-6-10)13-4-2-3-12(14)11(13)9-15/h2-4,10H,5-8H2,1H3. The summed E-state index contributed by atoms with van der Waals surface area (Å²) in [6.07, 6.45) is 2.42. The van der Waals surface area contributed by atoms with Gasteiger partial charge in [0.05, 0.1) is 17.9 Å². The van der Waals surface area contributed by atoms with Crippen molar-refractivity contribution in [3.63, 3.8) is 0 Å². The van der Waals surface area contributed by atoms with Crippen LogP contribution in [0.15, 0.2) is 22.7 Å². The maximum absolute atomic E-state index is 9.24. The summed E-state index contributed by atoms with van der Waals surface area (Å²) in [6, 6.07) is 8.74. The van der Waals surface area contributed by atoms with Gasteiger partial charge in [0.15, 0.2) is 0 Å². The molecule has 0 N–H and O–H groups in total. The third-order valence-corrected chi connectivity index (χ3v) is 3.60. The normalized spacial score (nSPS) is 14.4. The van der Waals surface area contributed by atoms with Crippen molar-refractivity contribution >= 4 is 21.6 Å². The fourth-order valence-corrected chi connectivity index (χ4v) is 2.38. The molecule has 0 bridgehead atoms. The molecule has 0 heterocycles. The van der Waals surface area contributed by atoms with E-state index in [0.717, 1.165) is 22.3 Å². The van der Waals surface area contributed by atoms with E-state index in [1.54, 1.807) is 7.11 Å². The van der Waals surface area contributed by atoms with Gasteiger partial charge in [-0.15, -0.1) is 0 Å². The van der Waals surface area contributed by atoms with Gasteiger partial charge >= 0.3 is 0 Å². The van der Waals surface area contributed by atoms with Crippen LogP contribution in [0.4, 0.5) is 5.69 Å². The second-order valence-corrected chi connectivity index (χ2v) is 5.02. The summed E-state index contributed by atoms with van der Waals surface area (Å²) in [4.78, 5) is 2.28. The summed E-state index contributed by atoms with van der Waals surface area (Å²) >= 11 is 3.43. The quantitative estimate of drug-likeness (QED) is 0.838. The van der Waals surface area contributed by atoms with Crippen molar-refractivity contribution in [3.05, 3.63) is 28.2 Å². The van der Waals surface area contributed by atoms with E-state index in [1.807, 2.05) is 18.2 Å². The third kappa shape index (κ3) is 2.80. The molecule has 0 atom stereocenters. The predicted octanol–water partition coefficient (Wildman–Crippen LogP) is 2.94. The maximum Gasteiger partial charge on any atom is 0.103 e. The first-order valence-corrected chi connectivity index (χ1v) is 6.51. The Morgan fingerprint density at radius 1 is 1.53 bits per heavy atom. The maximum atomic E-state index is 9.24. The van der Waals surface area contributed by atoms with Crippen molar-refractivity contribution in [1.82, 2.24) is 0 Å². The minimum atomic E-state index is 0.576. The molecule has 17 heavy (non-hydrogen) atoms. The summed E-state index contributed by atoms with van der Waals surface area (Å²) in [7, 11) is 1.71. The fourth-order valence-electron chi connectivity index (χ4n) is 1.94. The summed E-state index contributed by atoms with van der Waals surface area (Å²) in [5.41, 5.74) is 1.73. The second-order valence-electron chi connectivity index (χ2n) is 4.16. The Morgan fingerprint density at radius 3 is 2.88 bits per heavy atom. The lowest BCUT2D eigenvalue weighted by Gasteiger charge is -2.25. The molecule has 0 saturated heterocycles. The fraction of sp³-hybridized carbons (Fsp3) is 0.462. The number of anilines is 1. The molecule has 0 spiro atoms. The smallest absolute Gasteiger partial charge is 0.103 e. The van der Waals surface area contributed by atoms with Gasteiger partial charge in [-0.1, -0.05) is 6.07 Å². The van der Waals surface area contributed by atoms with Crippen LogP contribution in [0.1, 0.15) is 18.4 Å². The molecule has 0 aliphatic heterocycles. The highest BCUT2D eigenvalue weighted by Gasteiger charge is 2.30. The molecule has 2 rings (SSSR count). The van der Waals surface area contributed by atoms with E-state index in [1.165, 1.54) is 12.8 Å². The van der Waals surface area contributed by atoms with Gasteiger partial charge in [-0.05, 0) is 40.9 Å². The van der Waals surface area contributed by atoms with Gasteiger partial charge in [0.2, 0.25) is 0 Å². The van der Waals surface area contributed by atoms with E-state index in [4.69, 9.17) is 4.74 Å². The molecule has 1 aromatic rings. The average Bonchev–Trinajstić information content (AvgIpc) is 3.14. The van der Waals surface area contributed by atoms with Crippen molar-refractivity contribution in [2.75, 3.05) is 25.2 Å². The van der Waals surface area contributed by atoms with Gasteiger partial charge < -0.3 is 9.64 Å². The predicted molar refractivity (Wildman–Crippen MR) is 71.1 cm³/mol. The zero-order chi connectivity index (χ0) is 12.3. The molecule has 1 fully saturated rings. The lowest BCUT2D eigenvalue weighted by molar-refractivity contribution is 0.205. The second kappa shape index (κ2) is 5.52. The van der Waals surface area contributed by atoms with E-state index < -0.39 is 0 Å². The number of ether oxygens (including phenoxy) is 1. The molecule has 1 aromatic carbocycles. The Labute approximate surface area is 110 Å². The lowest BCUT2D eigenvalue weighted by Crippen LogP contribution is -2.30. The topological polar surface area (TPSA) is 36.3 Å². The Balaban J connectivity index is 2.29. The number of hydrogen-bond acceptors (Lipinski definition) is 3. The van der Waals surface area contributed by atoms with Crippen LogP contribution < -0.4 is 4.90 Å². The van der Waals surface area contributed by atoms with Crippen LogP contribution in [-0.4, -0.2) is 26.3 Å². The van der Waals surface area contributed by atoms with Crippen LogP contribution >= 0.6 is 15.9 Å². The zero-order valence-corrected chi connectivity index (χ0v) is 11.4. The molecule has 1 aliphatic rings. The molecule has 90 valence electrons. The number of rotatable bonds is 5. The van der Waals surface area contributed by atoms with Crippen molar-refractivity contribution in [3.8, 4) is 6.07 Å². The van der Waals surface area contributed by atoms with Gasteiger partial charge in [0.25, 0.3) is 0 Å². The summed E-state index contributed by atoms with van der Waals surface area (Å²) in [6.45, 7) is 1.53. The summed E-state index contributed by atoms with van der Waals surface area (Å²) < 4.78 is 6.00. The molecule has 0 aromatic heterocycles. The molecule has 0 radical (unpaired) electrons. The number of nitrogens with zero attached hydrogens (tertiary/aromatic N) is 2. The highest BCUT2D eigenvalue weighted by atomic mass is 79.9. The van der Waals surface area contributed by atoms with Crippen LogP contribution in [0, 0.1) is 11.3 Å². The van der Waals surface area contributed by atoms with Crippen LogP contribution in [0.25, 0.3) is 0 Å². The summed E-state index contributed by atoms with van der Waals surface area (Å²) in [5.74, 6) is 0. The highest BCUT2D eigenvalue weighted by molar-refractivity contribution is 9.10. The molecule has 0 unspecified atom stereocenters. The molecule has 3 nitrogen and oxygen atoms in total. The third-order valence-electron chi connectivity index (χ3n) is 2.94. The van der Waals surface area contributed by atoms with Gasteiger partial charge in [0.1, 0.15) is 6.07 Å². The number of methoxy groups -OCH3 is 1. The van der Waals surface area contributed by atoms with E-state index in [-0.39, 0.29) is 0 Å². The van der Waals surface area contributed by atoms with E-state index >= 15 is 0 Å². The van der Waals surface area contributed by atoms with Crippen LogP contribution in [-0.2, 0) is 4.74 Å². The first-order valence-electron chi connectivity index (χ1n) is 5.72.